The largest absolute Gasteiger partial charge is 0.354 e. The molecule has 108 valence electrons. The van der Waals surface area contributed by atoms with Crippen LogP contribution in [0.4, 0.5) is 0 Å². The molecule has 20 heavy (non-hydrogen) atoms. The molecule has 1 aromatic carbocycles. The SMILES string of the molecule is CC[C@H](C)NC(=O)CCCn1sc2ccccc2c1=O. The minimum Gasteiger partial charge on any atom is -0.354 e. The van der Waals surface area contributed by atoms with Gasteiger partial charge in [-0.1, -0.05) is 30.6 Å². The van der Waals surface area contributed by atoms with E-state index in [-0.39, 0.29) is 17.5 Å². The third-order valence-corrected chi connectivity index (χ3v) is 4.46. The third kappa shape index (κ3) is 3.48. The van der Waals surface area contributed by atoms with Gasteiger partial charge in [0, 0.05) is 19.0 Å². The Morgan fingerprint density at radius 2 is 2.15 bits per heavy atom. The zero-order chi connectivity index (χ0) is 14.5. The zero-order valence-electron chi connectivity index (χ0n) is 11.9. The van der Waals surface area contributed by atoms with Crippen LogP contribution in [0.15, 0.2) is 29.1 Å². The number of nitrogens with zero attached hydrogens (tertiary/aromatic N) is 1. The Morgan fingerprint density at radius 1 is 1.40 bits per heavy atom. The number of aryl methyl sites for hydroxylation is 1. The predicted octanol–water partition coefficient (Wildman–Crippen LogP) is 2.76. The molecule has 1 aromatic heterocycles. The third-order valence-electron chi connectivity index (χ3n) is 3.34. The van der Waals surface area contributed by atoms with Crippen molar-refractivity contribution in [3.8, 4) is 0 Å². The number of carbonyl (C=O) groups excluding carboxylic acids is 1. The van der Waals surface area contributed by atoms with Crippen LogP contribution in [0.2, 0.25) is 0 Å². The van der Waals surface area contributed by atoms with E-state index in [9.17, 15) is 9.59 Å². The molecule has 2 rings (SSSR count). The molecule has 0 saturated heterocycles. The van der Waals surface area contributed by atoms with Crippen LogP contribution in [-0.2, 0) is 11.3 Å². The van der Waals surface area contributed by atoms with E-state index in [1.54, 1.807) is 3.96 Å². The lowest BCUT2D eigenvalue weighted by Gasteiger charge is -2.10. The number of nitrogens with one attached hydrogen (secondary N) is 1. The summed E-state index contributed by atoms with van der Waals surface area (Å²) in [7, 11) is 0. The molecule has 1 atom stereocenters. The van der Waals surface area contributed by atoms with Crippen molar-refractivity contribution in [2.75, 3.05) is 0 Å². The Hall–Kier alpha value is -1.62. The van der Waals surface area contributed by atoms with E-state index in [0.29, 0.717) is 19.4 Å². The second kappa shape index (κ2) is 6.70. The maximum atomic E-state index is 12.1. The first-order chi connectivity index (χ1) is 9.61. The molecule has 1 amide bonds. The van der Waals surface area contributed by atoms with Gasteiger partial charge in [-0.15, -0.1) is 0 Å². The summed E-state index contributed by atoms with van der Waals surface area (Å²) in [4.78, 5) is 23.8. The minimum absolute atomic E-state index is 0.0490. The number of hydrogen-bond donors (Lipinski definition) is 1. The maximum absolute atomic E-state index is 12.1. The van der Waals surface area contributed by atoms with Crippen molar-refractivity contribution in [3.05, 3.63) is 34.6 Å². The highest BCUT2D eigenvalue weighted by molar-refractivity contribution is 7.13. The van der Waals surface area contributed by atoms with Gasteiger partial charge in [0.15, 0.2) is 0 Å². The first-order valence-electron chi connectivity index (χ1n) is 7.00. The van der Waals surface area contributed by atoms with Crippen molar-refractivity contribution in [1.29, 1.82) is 0 Å². The van der Waals surface area contributed by atoms with Crippen LogP contribution in [-0.4, -0.2) is 15.9 Å². The summed E-state index contributed by atoms with van der Waals surface area (Å²) >= 11 is 1.47. The average Bonchev–Trinajstić information content (AvgIpc) is 2.76. The smallest absolute Gasteiger partial charge is 0.268 e. The molecule has 2 aromatic rings. The maximum Gasteiger partial charge on any atom is 0.268 e. The zero-order valence-corrected chi connectivity index (χ0v) is 12.7. The van der Waals surface area contributed by atoms with E-state index in [1.807, 2.05) is 38.1 Å². The van der Waals surface area contributed by atoms with Crippen LogP contribution in [0.5, 0.6) is 0 Å². The van der Waals surface area contributed by atoms with E-state index in [1.165, 1.54) is 11.5 Å². The monoisotopic (exact) mass is 292 g/mol. The summed E-state index contributed by atoms with van der Waals surface area (Å²) in [6.07, 6.45) is 2.08. The van der Waals surface area contributed by atoms with Gasteiger partial charge in [-0.2, -0.15) is 0 Å². The lowest BCUT2D eigenvalue weighted by molar-refractivity contribution is -0.121. The molecule has 1 N–H and O–H groups in total. The number of benzene rings is 1. The molecule has 4 nitrogen and oxygen atoms in total. The van der Waals surface area contributed by atoms with E-state index in [4.69, 9.17) is 0 Å². The van der Waals surface area contributed by atoms with Gasteiger partial charge >= 0.3 is 0 Å². The normalized spacial score (nSPS) is 12.5. The standard InChI is InChI=1S/C15H20N2O2S/c1-3-11(2)16-14(18)9-6-10-17-15(19)12-7-4-5-8-13(12)20-17/h4-5,7-8,11H,3,6,9-10H2,1-2H3,(H,16,18)/t11-/m0/s1. The Balaban J connectivity index is 1.92. The number of carbonyl (C=O) groups is 1. The van der Waals surface area contributed by atoms with Gasteiger partial charge in [-0.3, -0.25) is 13.5 Å². The first kappa shape index (κ1) is 14.8. The summed E-state index contributed by atoms with van der Waals surface area (Å²) in [5.41, 5.74) is 0.0490. The molecule has 0 aliphatic rings. The fourth-order valence-electron chi connectivity index (χ4n) is 2.00. The second-order valence-electron chi connectivity index (χ2n) is 4.98. The number of aromatic nitrogens is 1. The fourth-order valence-corrected chi connectivity index (χ4v) is 3.03. The van der Waals surface area contributed by atoms with Gasteiger partial charge in [0.2, 0.25) is 5.91 Å². The van der Waals surface area contributed by atoms with Gasteiger partial charge in [0.1, 0.15) is 0 Å². The minimum atomic E-state index is 0.0490. The van der Waals surface area contributed by atoms with Crippen molar-refractivity contribution in [3.63, 3.8) is 0 Å². The van der Waals surface area contributed by atoms with Crippen molar-refractivity contribution in [2.45, 2.75) is 45.7 Å². The van der Waals surface area contributed by atoms with E-state index >= 15 is 0 Å². The van der Waals surface area contributed by atoms with Gasteiger partial charge < -0.3 is 5.32 Å². The molecule has 0 spiro atoms. The molecule has 0 bridgehead atoms. The van der Waals surface area contributed by atoms with Gasteiger partial charge in [0.05, 0.1) is 10.1 Å². The summed E-state index contributed by atoms with van der Waals surface area (Å²) in [6, 6.07) is 7.82. The predicted molar refractivity (Wildman–Crippen MR) is 83.2 cm³/mol. The number of amides is 1. The summed E-state index contributed by atoms with van der Waals surface area (Å²) in [6.45, 7) is 4.64. The molecule has 0 aliphatic heterocycles. The summed E-state index contributed by atoms with van der Waals surface area (Å²) in [5.74, 6) is 0.0634. The molecule has 5 heteroatoms. The fraction of sp³-hybridized carbons (Fsp3) is 0.467. The summed E-state index contributed by atoms with van der Waals surface area (Å²) < 4.78 is 2.74. The quantitative estimate of drug-likeness (QED) is 0.890. The molecule has 0 saturated carbocycles. The molecular weight excluding hydrogens is 272 g/mol. The highest BCUT2D eigenvalue weighted by Crippen LogP contribution is 2.16. The van der Waals surface area contributed by atoms with Crippen molar-refractivity contribution < 1.29 is 4.79 Å². The van der Waals surface area contributed by atoms with Gasteiger partial charge in [-0.25, -0.2) is 0 Å². The van der Waals surface area contributed by atoms with Gasteiger partial charge in [0.25, 0.3) is 5.56 Å². The molecule has 0 radical (unpaired) electrons. The Kier molecular flexibility index (Phi) is 4.95. The Labute approximate surface area is 122 Å². The van der Waals surface area contributed by atoms with Crippen LogP contribution >= 0.6 is 11.5 Å². The van der Waals surface area contributed by atoms with Crippen molar-refractivity contribution >= 4 is 27.5 Å². The highest BCUT2D eigenvalue weighted by atomic mass is 32.1. The van der Waals surface area contributed by atoms with Crippen LogP contribution < -0.4 is 10.9 Å². The lowest BCUT2D eigenvalue weighted by atomic mass is 10.2. The molecule has 1 heterocycles. The molecular formula is C15H20N2O2S. The Morgan fingerprint density at radius 3 is 2.85 bits per heavy atom. The van der Waals surface area contributed by atoms with Crippen molar-refractivity contribution in [2.24, 2.45) is 0 Å². The summed E-state index contributed by atoms with van der Waals surface area (Å²) in [5, 5.41) is 3.70. The van der Waals surface area contributed by atoms with E-state index in [0.717, 1.165) is 16.5 Å². The van der Waals surface area contributed by atoms with Crippen LogP contribution in [0.1, 0.15) is 33.1 Å². The molecule has 0 fully saturated rings. The highest BCUT2D eigenvalue weighted by Gasteiger charge is 2.08. The first-order valence-corrected chi connectivity index (χ1v) is 7.77. The number of hydrogen-bond acceptors (Lipinski definition) is 3. The topological polar surface area (TPSA) is 51.1 Å². The van der Waals surface area contributed by atoms with E-state index < -0.39 is 0 Å². The van der Waals surface area contributed by atoms with Crippen LogP contribution in [0, 0.1) is 0 Å². The molecule has 0 aliphatic carbocycles. The number of rotatable bonds is 6. The van der Waals surface area contributed by atoms with E-state index in [2.05, 4.69) is 5.32 Å². The second-order valence-corrected chi connectivity index (χ2v) is 6.04. The molecule has 0 unspecified atom stereocenters. The Bertz CT molecular complexity index is 645. The lowest BCUT2D eigenvalue weighted by Crippen LogP contribution is -2.31. The number of fused-ring (bicyclic) bond motifs is 1. The average molecular weight is 292 g/mol. The van der Waals surface area contributed by atoms with Gasteiger partial charge in [-0.05, 0) is 31.9 Å². The van der Waals surface area contributed by atoms with Crippen molar-refractivity contribution in [1.82, 2.24) is 9.27 Å². The van der Waals surface area contributed by atoms with Crippen LogP contribution in [0.25, 0.3) is 10.1 Å². The van der Waals surface area contributed by atoms with Crippen LogP contribution in [0.3, 0.4) is 0 Å².